The molecular formula is C10H13NO. The van der Waals surface area contributed by atoms with E-state index in [-0.39, 0.29) is 0 Å². The van der Waals surface area contributed by atoms with Crippen LogP contribution in [0, 0.1) is 13.8 Å². The van der Waals surface area contributed by atoms with Crippen LogP contribution in [0.1, 0.15) is 22.1 Å². The fourth-order valence-corrected chi connectivity index (χ4v) is 1.13. The van der Waals surface area contributed by atoms with E-state index in [1.165, 1.54) is 0 Å². The molecule has 0 fully saturated rings. The molecule has 0 unspecified atom stereocenters. The normalized spacial score (nSPS) is 14.3. The smallest absolute Gasteiger partial charge is 0.221 e. The van der Waals surface area contributed by atoms with Gasteiger partial charge in [0.1, 0.15) is 0 Å². The lowest BCUT2D eigenvalue weighted by Crippen LogP contribution is -2.08. The van der Waals surface area contributed by atoms with E-state index in [1.54, 1.807) is 0 Å². The van der Waals surface area contributed by atoms with Gasteiger partial charge in [-0.2, -0.15) is 0 Å². The zero-order valence-electron chi connectivity index (χ0n) is 10.1. The van der Waals surface area contributed by atoms with Crippen molar-refractivity contribution >= 4 is 11.6 Å². The highest BCUT2D eigenvalue weighted by Crippen LogP contribution is 2.18. The lowest BCUT2D eigenvalue weighted by atomic mass is 10.1. The van der Waals surface area contributed by atoms with Crippen molar-refractivity contribution in [3.8, 4) is 0 Å². The molecule has 0 bridgehead atoms. The number of nitrogens with one attached hydrogen (secondary N) is 1. The van der Waals surface area contributed by atoms with E-state index < -0.39 is 12.8 Å². The van der Waals surface area contributed by atoms with E-state index in [9.17, 15) is 4.79 Å². The van der Waals surface area contributed by atoms with E-state index in [4.69, 9.17) is 4.11 Å². The summed E-state index contributed by atoms with van der Waals surface area (Å²) in [4.78, 5) is 11.3. The Labute approximate surface area is 76.8 Å². The van der Waals surface area contributed by atoms with Crippen LogP contribution >= 0.6 is 0 Å². The van der Waals surface area contributed by atoms with Gasteiger partial charge >= 0.3 is 0 Å². The van der Waals surface area contributed by atoms with Gasteiger partial charge in [0.15, 0.2) is 0 Å². The Morgan fingerprint density at radius 2 is 2.00 bits per heavy atom. The van der Waals surface area contributed by atoms with Crippen molar-refractivity contribution in [2.45, 2.75) is 20.7 Å². The maximum atomic E-state index is 11.3. The molecule has 1 rings (SSSR count). The highest BCUT2D eigenvalue weighted by molar-refractivity contribution is 5.90. The molecule has 0 spiro atoms. The number of hydrogen-bond acceptors (Lipinski definition) is 1. The van der Waals surface area contributed by atoms with Gasteiger partial charge in [0.2, 0.25) is 5.91 Å². The van der Waals surface area contributed by atoms with Gasteiger partial charge in [-0.25, -0.2) is 0 Å². The van der Waals surface area contributed by atoms with Crippen molar-refractivity contribution in [1.29, 1.82) is 0 Å². The summed E-state index contributed by atoms with van der Waals surface area (Å²) in [6.45, 7) is 1.04. The molecule has 0 saturated carbocycles. The number of hydrogen-bond donors (Lipinski definition) is 1. The van der Waals surface area contributed by atoms with Crippen molar-refractivity contribution in [1.82, 2.24) is 0 Å². The Morgan fingerprint density at radius 3 is 2.50 bits per heavy atom. The monoisotopic (exact) mass is 166 g/mol. The fourth-order valence-electron chi connectivity index (χ4n) is 1.13. The summed E-state index contributed by atoms with van der Waals surface area (Å²) < 4.78 is 20.8. The first-order chi connectivity index (χ1) is 6.82. The van der Waals surface area contributed by atoms with Crippen LogP contribution in [-0.4, -0.2) is 5.91 Å². The van der Waals surface area contributed by atoms with Gasteiger partial charge in [0.05, 0.1) is 0 Å². The van der Waals surface area contributed by atoms with E-state index in [0.29, 0.717) is 5.69 Å². The maximum Gasteiger partial charge on any atom is 0.221 e. The van der Waals surface area contributed by atoms with Gasteiger partial charge in [0.25, 0.3) is 0 Å². The van der Waals surface area contributed by atoms with Gasteiger partial charge in [0, 0.05) is 16.7 Å². The number of aryl methyl sites for hydroxylation is 2. The second-order valence-corrected chi connectivity index (χ2v) is 2.72. The largest absolute Gasteiger partial charge is 0.326 e. The number of benzene rings is 1. The molecule has 2 nitrogen and oxygen atoms in total. The number of carbonyl (C=O) groups is 1. The summed E-state index contributed by atoms with van der Waals surface area (Å²) >= 11 is 0. The molecular weight excluding hydrogens is 150 g/mol. The highest BCUT2D eigenvalue weighted by Gasteiger charge is 2.01. The van der Waals surface area contributed by atoms with E-state index in [2.05, 4.69) is 5.32 Å². The van der Waals surface area contributed by atoms with Crippen LogP contribution in [0.5, 0.6) is 0 Å². The number of amides is 1. The first kappa shape index (κ1) is 5.36. The first-order valence-electron chi connectivity index (χ1n) is 5.20. The lowest BCUT2D eigenvalue weighted by molar-refractivity contribution is -0.114. The minimum absolute atomic E-state index is 0.582. The standard InChI is InChI=1S/C10H13NO/c1-7-5-4-6-8(2)10(7)11-9(3)12/h4-6H,1-3H3,(H,11,12)/i3D3. The van der Waals surface area contributed by atoms with Gasteiger partial charge in [-0.1, -0.05) is 18.2 Å². The topological polar surface area (TPSA) is 29.1 Å². The molecule has 0 saturated heterocycles. The number of anilines is 1. The summed E-state index contributed by atoms with van der Waals surface area (Å²) in [5.41, 5.74) is 2.29. The summed E-state index contributed by atoms with van der Waals surface area (Å²) in [5, 5.41) is 2.42. The minimum atomic E-state index is -2.60. The molecule has 12 heavy (non-hydrogen) atoms. The van der Waals surface area contributed by atoms with Gasteiger partial charge in [-0.3, -0.25) is 4.79 Å². The SMILES string of the molecule is [2H]C([2H])([2H])C(=O)Nc1c(C)cccc1C. The predicted octanol–water partition coefficient (Wildman–Crippen LogP) is 2.26. The van der Waals surface area contributed by atoms with Crippen LogP contribution in [0.25, 0.3) is 0 Å². The Hall–Kier alpha value is -1.31. The van der Waals surface area contributed by atoms with Gasteiger partial charge < -0.3 is 5.32 Å². The maximum absolute atomic E-state index is 11.3. The zero-order chi connectivity index (χ0) is 11.6. The van der Waals surface area contributed by atoms with Crippen LogP contribution in [-0.2, 0) is 4.79 Å². The van der Waals surface area contributed by atoms with Crippen molar-refractivity contribution in [2.75, 3.05) is 5.32 Å². The molecule has 0 aliphatic heterocycles. The van der Waals surface area contributed by atoms with Crippen molar-refractivity contribution < 1.29 is 8.91 Å². The zero-order valence-corrected chi connectivity index (χ0v) is 7.14. The lowest BCUT2D eigenvalue weighted by Gasteiger charge is -2.08. The van der Waals surface area contributed by atoms with Crippen LogP contribution in [0.3, 0.4) is 0 Å². The fraction of sp³-hybridized carbons (Fsp3) is 0.300. The molecule has 1 aromatic rings. The molecule has 64 valence electrons. The van der Waals surface area contributed by atoms with Crippen molar-refractivity contribution in [3.63, 3.8) is 0 Å². The first-order valence-corrected chi connectivity index (χ1v) is 3.70. The van der Waals surface area contributed by atoms with Gasteiger partial charge in [-0.05, 0) is 25.0 Å². The molecule has 0 radical (unpaired) electrons. The quantitative estimate of drug-likeness (QED) is 0.681. The molecule has 0 aliphatic rings. The Morgan fingerprint density at radius 1 is 1.42 bits per heavy atom. The predicted molar refractivity (Wildman–Crippen MR) is 50.2 cm³/mol. The summed E-state index contributed by atoms with van der Waals surface area (Å²) in [6, 6.07) is 5.50. The van der Waals surface area contributed by atoms with E-state index >= 15 is 0 Å². The number of rotatable bonds is 1. The average Bonchev–Trinajstić information content (AvgIpc) is 2.09. The second kappa shape index (κ2) is 3.39. The number of para-hydroxylation sites is 1. The summed E-state index contributed by atoms with van der Waals surface area (Å²) in [7, 11) is 0. The molecule has 0 aliphatic carbocycles. The van der Waals surface area contributed by atoms with Crippen LogP contribution < -0.4 is 5.32 Å². The third-order valence-electron chi connectivity index (χ3n) is 1.72. The molecule has 1 aromatic carbocycles. The second-order valence-electron chi connectivity index (χ2n) is 2.72. The number of carbonyl (C=O) groups excluding carboxylic acids is 1. The highest BCUT2D eigenvalue weighted by atomic mass is 16.1. The van der Waals surface area contributed by atoms with E-state index in [1.807, 2.05) is 32.0 Å². The Bertz CT molecular complexity index is 364. The molecule has 0 atom stereocenters. The van der Waals surface area contributed by atoms with Crippen LogP contribution in [0.15, 0.2) is 18.2 Å². The van der Waals surface area contributed by atoms with E-state index in [0.717, 1.165) is 11.1 Å². The third-order valence-corrected chi connectivity index (χ3v) is 1.72. The summed E-state index contributed by atoms with van der Waals surface area (Å²) in [5.74, 6) is -0.945. The molecule has 2 heteroatoms. The minimum Gasteiger partial charge on any atom is -0.326 e. The molecule has 1 N–H and O–H groups in total. The Kier molecular flexibility index (Phi) is 1.51. The van der Waals surface area contributed by atoms with Crippen LogP contribution in [0.2, 0.25) is 0 Å². The molecule has 1 amide bonds. The van der Waals surface area contributed by atoms with Crippen molar-refractivity contribution in [2.24, 2.45) is 0 Å². The van der Waals surface area contributed by atoms with Crippen LogP contribution in [0.4, 0.5) is 5.69 Å². The molecule has 0 aromatic heterocycles. The third kappa shape index (κ3) is 1.84. The molecule has 0 heterocycles. The van der Waals surface area contributed by atoms with Gasteiger partial charge in [-0.15, -0.1) is 0 Å². The average molecular weight is 166 g/mol. The van der Waals surface area contributed by atoms with Crippen molar-refractivity contribution in [3.05, 3.63) is 29.3 Å². The summed E-state index contributed by atoms with van der Waals surface area (Å²) in [6.07, 6.45) is 0. The Balaban J connectivity index is 2.95.